The molecule has 0 aromatic heterocycles. The molecule has 12 heavy (non-hydrogen) atoms. The van der Waals surface area contributed by atoms with E-state index in [4.69, 9.17) is 16.0 Å². The van der Waals surface area contributed by atoms with Crippen molar-refractivity contribution in [3.8, 4) is 0 Å². The number of carbonyl (C=O) groups is 1. The smallest absolute Gasteiger partial charge is 0.329 e. The Kier molecular flexibility index (Phi) is 5.72. The molecule has 0 aliphatic heterocycles. The highest BCUT2D eigenvalue weighted by Gasteiger charge is 1.98. The number of hydrogen-bond donors (Lipinski definition) is 3. The lowest BCUT2D eigenvalue weighted by Gasteiger charge is -1.99. The minimum absolute atomic E-state index is 0.0659. The molecule has 0 aliphatic rings. The molecule has 0 aromatic carbocycles. The van der Waals surface area contributed by atoms with Gasteiger partial charge in [-0.15, -0.1) is 0 Å². The first-order valence-corrected chi connectivity index (χ1v) is 3.36. The highest BCUT2D eigenvalue weighted by molar-refractivity contribution is 5.83. The summed E-state index contributed by atoms with van der Waals surface area (Å²) in [4.78, 5) is 9.94. The van der Waals surface area contributed by atoms with Crippen LogP contribution in [0.1, 0.15) is 6.42 Å². The van der Waals surface area contributed by atoms with Crippen LogP contribution in [-0.2, 0) is 9.53 Å². The third kappa shape index (κ3) is 6.81. The van der Waals surface area contributed by atoms with Gasteiger partial charge in [0.05, 0.1) is 13.2 Å². The van der Waals surface area contributed by atoms with Gasteiger partial charge in [-0.1, -0.05) is 0 Å². The van der Waals surface area contributed by atoms with Crippen LogP contribution in [0.2, 0.25) is 0 Å². The Morgan fingerprint density at radius 2 is 2.25 bits per heavy atom. The van der Waals surface area contributed by atoms with Gasteiger partial charge in [-0.25, -0.2) is 10.3 Å². The van der Waals surface area contributed by atoms with Crippen LogP contribution in [0.3, 0.4) is 0 Å². The second kappa shape index (κ2) is 6.41. The molecule has 0 atom stereocenters. The monoisotopic (exact) mass is 173 g/mol. The van der Waals surface area contributed by atoms with Gasteiger partial charge in [0.15, 0.2) is 0 Å². The number of hydrogen-bond acceptors (Lipinski definition) is 5. The van der Waals surface area contributed by atoms with E-state index in [9.17, 15) is 4.79 Å². The van der Waals surface area contributed by atoms with Crippen LogP contribution in [-0.4, -0.2) is 36.5 Å². The van der Waals surface area contributed by atoms with Gasteiger partial charge in [0, 0.05) is 12.1 Å². The molecule has 6 heteroatoms. The zero-order valence-corrected chi connectivity index (χ0v) is 6.54. The van der Waals surface area contributed by atoms with E-state index in [1.165, 1.54) is 0 Å². The van der Waals surface area contributed by atoms with Gasteiger partial charge in [-0.2, -0.15) is 5.11 Å². The molecular weight excluding hydrogens is 162 g/mol. The lowest BCUT2D eigenvalue weighted by molar-refractivity contribution is -0.142. The van der Waals surface area contributed by atoms with Crippen molar-refractivity contribution in [2.24, 2.45) is 5.11 Å². The Hall–Kier alpha value is -1.30. The summed E-state index contributed by atoms with van der Waals surface area (Å²) in [6.07, 6.45) is 0.329. The average molecular weight is 173 g/mol. The molecule has 0 radical (unpaired) electrons. The molecule has 0 saturated carbocycles. The van der Waals surface area contributed by atoms with E-state index in [2.05, 4.69) is 9.85 Å². The van der Waals surface area contributed by atoms with Crippen LogP contribution in [0.5, 0.6) is 0 Å². The maximum absolute atomic E-state index is 9.94. The number of carboxylic acid groups (broad SMARTS) is 1. The number of rotatable bonds is 7. The van der Waals surface area contributed by atoms with Crippen LogP contribution in [0, 0.1) is 10.9 Å². The summed E-state index contributed by atoms with van der Waals surface area (Å²) < 4.78 is 4.67. The summed E-state index contributed by atoms with van der Waals surface area (Å²) >= 11 is 0. The highest BCUT2D eigenvalue weighted by atomic mass is 16.5. The van der Waals surface area contributed by atoms with Crippen LogP contribution >= 0.6 is 0 Å². The molecule has 68 valence electrons. The number of nitrogens with zero attached hydrogens (tertiary/aromatic N) is 1. The normalized spacial score (nSPS) is 9.33. The predicted molar refractivity (Wildman–Crippen MR) is 40.8 cm³/mol. The number of aliphatic carboxylic acids is 1. The molecule has 0 rings (SSSR count). The first kappa shape index (κ1) is 10.7. The van der Waals surface area contributed by atoms with E-state index in [0.29, 0.717) is 6.42 Å². The summed E-state index contributed by atoms with van der Waals surface area (Å²) in [5.41, 5.74) is 6.70. The van der Waals surface area contributed by atoms with Gasteiger partial charge in [0.1, 0.15) is 6.61 Å². The molecule has 3 N–H and O–H groups in total. The van der Waals surface area contributed by atoms with E-state index in [1.807, 2.05) is 0 Å². The predicted octanol–water partition coefficient (Wildman–Crippen LogP) is 0.528. The fraction of sp³-hybridized carbons (Fsp3) is 0.667. The highest BCUT2D eigenvalue weighted by Crippen LogP contribution is 1.87. The fourth-order valence-corrected chi connectivity index (χ4v) is 0.529. The molecular formula is C6H11N3O3. The third-order valence-corrected chi connectivity index (χ3v) is 1.04. The summed E-state index contributed by atoms with van der Waals surface area (Å²) in [5.74, 6) is -1.02. The summed E-state index contributed by atoms with van der Waals surface area (Å²) in [5, 5.41) is 18.3. The van der Waals surface area contributed by atoms with Crippen LogP contribution in [0.15, 0.2) is 5.11 Å². The summed E-state index contributed by atoms with van der Waals surface area (Å²) in [7, 11) is 0. The van der Waals surface area contributed by atoms with Gasteiger partial charge in [-0.3, -0.25) is 0 Å². The largest absolute Gasteiger partial charge is 0.480 e. The van der Waals surface area contributed by atoms with Crippen molar-refractivity contribution in [3.05, 3.63) is 0 Å². The standard InChI is InChI=1S/C6H11N3O3/c7-5(3-9-8)1-2-12-4-6(10)11/h7-8H,1-4H2,(H,10,11). The van der Waals surface area contributed by atoms with Gasteiger partial charge in [-0.05, 0) is 0 Å². The molecule has 0 aromatic rings. The molecule has 0 aliphatic carbocycles. The molecule has 0 amide bonds. The molecule has 6 nitrogen and oxygen atoms in total. The van der Waals surface area contributed by atoms with Gasteiger partial charge >= 0.3 is 5.97 Å². The number of carboxylic acids is 1. The number of ether oxygens (including phenoxy) is 1. The second-order valence-corrected chi connectivity index (χ2v) is 2.12. The molecule has 0 heterocycles. The molecule has 0 unspecified atom stereocenters. The first-order chi connectivity index (χ1) is 5.66. The number of nitrogens with one attached hydrogen (secondary N) is 2. The van der Waals surface area contributed by atoms with Crippen molar-refractivity contribution in [2.75, 3.05) is 19.8 Å². The van der Waals surface area contributed by atoms with E-state index >= 15 is 0 Å². The minimum Gasteiger partial charge on any atom is -0.480 e. The van der Waals surface area contributed by atoms with Gasteiger partial charge in [0.25, 0.3) is 0 Å². The SMILES string of the molecule is N=NCC(=N)CCOCC(=O)O. The Morgan fingerprint density at radius 3 is 2.75 bits per heavy atom. The summed E-state index contributed by atoms with van der Waals surface area (Å²) in [6.45, 7) is -0.0810. The molecule has 0 spiro atoms. The molecule has 0 saturated heterocycles. The maximum atomic E-state index is 9.94. The van der Waals surface area contributed by atoms with E-state index < -0.39 is 5.97 Å². The first-order valence-electron chi connectivity index (χ1n) is 3.36. The Balaban J connectivity index is 3.25. The van der Waals surface area contributed by atoms with Crippen LogP contribution < -0.4 is 0 Å². The lowest BCUT2D eigenvalue weighted by Crippen LogP contribution is -2.11. The fourth-order valence-electron chi connectivity index (χ4n) is 0.529. The second-order valence-electron chi connectivity index (χ2n) is 2.12. The van der Waals surface area contributed by atoms with Crippen molar-refractivity contribution in [1.82, 2.24) is 0 Å². The molecule has 0 fully saturated rings. The third-order valence-electron chi connectivity index (χ3n) is 1.04. The van der Waals surface area contributed by atoms with Gasteiger partial charge < -0.3 is 15.3 Å². The Labute approximate surface area is 69.6 Å². The van der Waals surface area contributed by atoms with E-state index in [0.717, 1.165) is 0 Å². The van der Waals surface area contributed by atoms with Crippen molar-refractivity contribution >= 4 is 11.7 Å². The summed E-state index contributed by atoms with van der Waals surface area (Å²) in [6, 6.07) is 0. The van der Waals surface area contributed by atoms with Crippen molar-refractivity contribution in [1.29, 1.82) is 10.9 Å². The zero-order chi connectivity index (χ0) is 9.40. The van der Waals surface area contributed by atoms with Crippen LogP contribution in [0.4, 0.5) is 0 Å². The van der Waals surface area contributed by atoms with Gasteiger partial charge in [0.2, 0.25) is 0 Å². The van der Waals surface area contributed by atoms with Crippen molar-refractivity contribution in [2.45, 2.75) is 6.42 Å². The zero-order valence-electron chi connectivity index (χ0n) is 6.54. The Bertz CT molecular complexity index is 181. The topological polar surface area (TPSA) is 107 Å². The maximum Gasteiger partial charge on any atom is 0.329 e. The Morgan fingerprint density at radius 1 is 1.58 bits per heavy atom. The average Bonchev–Trinajstić information content (AvgIpc) is 1.98. The van der Waals surface area contributed by atoms with E-state index in [-0.39, 0.29) is 25.5 Å². The van der Waals surface area contributed by atoms with Crippen LogP contribution in [0.25, 0.3) is 0 Å². The minimum atomic E-state index is -1.02. The van der Waals surface area contributed by atoms with Crippen molar-refractivity contribution in [3.63, 3.8) is 0 Å². The lowest BCUT2D eigenvalue weighted by atomic mass is 10.3. The van der Waals surface area contributed by atoms with Crippen molar-refractivity contribution < 1.29 is 14.6 Å². The van der Waals surface area contributed by atoms with E-state index in [1.54, 1.807) is 0 Å². The quantitative estimate of drug-likeness (QED) is 0.297. The molecule has 0 bridgehead atoms.